The number of rotatable bonds is 1. The second-order valence-electron chi connectivity index (χ2n) is 4.32. The second-order valence-corrected chi connectivity index (χ2v) is 5.82. The van der Waals surface area contributed by atoms with Crippen molar-refractivity contribution in [2.45, 2.75) is 32.1 Å². The zero-order valence-corrected chi connectivity index (χ0v) is 11.6. The van der Waals surface area contributed by atoms with E-state index in [-0.39, 0.29) is 5.41 Å². The van der Waals surface area contributed by atoms with Crippen molar-refractivity contribution in [2.24, 2.45) is 0 Å². The van der Waals surface area contributed by atoms with Gasteiger partial charge in [0.1, 0.15) is 0 Å². The van der Waals surface area contributed by atoms with Gasteiger partial charge in [-0.15, -0.1) is 11.6 Å². The molecule has 1 rings (SSSR count). The van der Waals surface area contributed by atoms with E-state index < -0.39 is 0 Å². The molecular weight excluding hydrogens is 283 g/mol. The largest absolute Gasteiger partial charge is 0.122 e. The molecule has 0 unspecified atom stereocenters. The first kappa shape index (κ1) is 12.4. The maximum absolute atomic E-state index is 6.22. The lowest BCUT2D eigenvalue weighted by Crippen LogP contribution is -2.12. The lowest BCUT2D eigenvalue weighted by Gasteiger charge is -2.22. The van der Waals surface area contributed by atoms with Crippen LogP contribution in [-0.2, 0) is 11.3 Å². The Kier molecular flexibility index (Phi) is 3.90. The summed E-state index contributed by atoms with van der Waals surface area (Å²) in [6.07, 6.45) is 0. The molecule has 0 heterocycles. The quantitative estimate of drug-likeness (QED) is 0.629. The molecule has 0 aromatic heterocycles. The van der Waals surface area contributed by atoms with Crippen molar-refractivity contribution in [3.8, 4) is 0 Å². The van der Waals surface area contributed by atoms with Crippen LogP contribution in [0.2, 0.25) is 5.02 Å². The summed E-state index contributed by atoms with van der Waals surface area (Å²) in [7, 11) is 0. The predicted molar refractivity (Wildman–Crippen MR) is 67.4 cm³/mol. The highest BCUT2D eigenvalue weighted by atomic mass is 79.9. The number of halogens is 3. The van der Waals surface area contributed by atoms with Crippen LogP contribution in [-0.4, -0.2) is 0 Å². The Morgan fingerprint density at radius 2 is 1.86 bits per heavy atom. The van der Waals surface area contributed by atoms with E-state index in [2.05, 4.69) is 42.8 Å². The van der Waals surface area contributed by atoms with Gasteiger partial charge in [0.25, 0.3) is 0 Å². The van der Waals surface area contributed by atoms with Gasteiger partial charge in [0, 0.05) is 10.4 Å². The zero-order chi connectivity index (χ0) is 10.9. The lowest BCUT2D eigenvalue weighted by molar-refractivity contribution is 0.589. The van der Waals surface area contributed by atoms with Crippen LogP contribution < -0.4 is 0 Å². The summed E-state index contributed by atoms with van der Waals surface area (Å²) in [5.41, 5.74) is 2.26. The van der Waals surface area contributed by atoms with Gasteiger partial charge in [-0.2, -0.15) is 0 Å². The van der Waals surface area contributed by atoms with Gasteiger partial charge in [-0.1, -0.05) is 38.4 Å². The van der Waals surface area contributed by atoms with Crippen molar-refractivity contribution in [3.63, 3.8) is 0 Å². The molecule has 1 aromatic rings. The molecule has 0 amide bonds. The van der Waals surface area contributed by atoms with Gasteiger partial charge < -0.3 is 0 Å². The minimum absolute atomic E-state index is 0.0433. The Labute approximate surface area is 104 Å². The fraction of sp³-hybridized carbons (Fsp3) is 0.455. The molecule has 1 aromatic carbocycles. The fourth-order valence-electron chi connectivity index (χ4n) is 1.27. The Hall–Kier alpha value is 0.280. The van der Waals surface area contributed by atoms with Crippen molar-refractivity contribution in [3.05, 3.63) is 32.8 Å². The summed E-state index contributed by atoms with van der Waals surface area (Å²) in [4.78, 5) is 0. The third-order valence-corrected chi connectivity index (χ3v) is 3.62. The van der Waals surface area contributed by atoms with Crippen LogP contribution in [0.1, 0.15) is 31.9 Å². The first-order valence-corrected chi connectivity index (χ1v) is 6.11. The van der Waals surface area contributed by atoms with E-state index in [4.69, 9.17) is 23.2 Å². The van der Waals surface area contributed by atoms with Crippen molar-refractivity contribution in [1.29, 1.82) is 0 Å². The van der Waals surface area contributed by atoms with Gasteiger partial charge in [-0.25, -0.2) is 0 Å². The molecule has 0 fully saturated rings. The number of hydrogen-bond donors (Lipinski definition) is 0. The van der Waals surface area contributed by atoms with E-state index in [1.54, 1.807) is 0 Å². The first-order chi connectivity index (χ1) is 6.36. The van der Waals surface area contributed by atoms with Crippen LogP contribution in [0, 0.1) is 0 Å². The van der Waals surface area contributed by atoms with Gasteiger partial charge in [-0.05, 0) is 38.5 Å². The average molecular weight is 296 g/mol. The molecule has 3 heteroatoms. The number of hydrogen-bond acceptors (Lipinski definition) is 0. The Morgan fingerprint density at radius 1 is 1.29 bits per heavy atom. The molecule has 0 saturated heterocycles. The SMILES string of the molecule is CC(C)(C)c1cc(CCl)cc(Br)c1Cl. The van der Waals surface area contributed by atoms with Crippen LogP contribution in [0.4, 0.5) is 0 Å². The van der Waals surface area contributed by atoms with Crippen LogP contribution in [0.3, 0.4) is 0 Å². The summed E-state index contributed by atoms with van der Waals surface area (Å²) >= 11 is 15.5. The fourth-order valence-corrected chi connectivity index (χ4v) is 2.32. The molecule has 0 N–H and O–H groups in total. The van der Waals surface area contributed by atoms with Gasteiger partial charge >= 0.3 is 0 Å². The third-order valence-electron chi connectivity index (χ3n) is 2.05. The van der Waals surface area contributed by atoms with Crippen molar-refractivity contribution < 1.29 is 0 Å². The molecule has 0 aliphatic carbocycles. The first-order valence-electron chi connectivity index (χ1n) is 4.40. The molecule has 14 heavy (non-hydrogen) atoms. The van der Waals surface area contributed by atoms with E-state index in [1.165, 1.54) is 0 Å². The summed E-state index contributed by atoms with van der Waals surface area (Å²) in [6, 6.07) is 4.03. The van der Waals surface area contributed by atoms with E-state index in [1.807, 2.05) is 6.07 Å². The summed E-state index contributed by atoms with van der Waals surface area (Å²) in [6.45, 7) is 6.41. The van der Waals surface area contributed by atoms with Crippen LogP contribution >= 0.6 is 39.1 Å². The van der Waals surface area contributed by atoms with Crippen molar-refractivity contribution in [2.75, 3.05) is 0 Å². The van der Waals surface area contributed by atoms with Gasteiger partial charge in [0.15, 0.2) is 0 Å². The van der Waals surface area contributed by atoms with Gasteiger partial charge in [0.2, 0.25) is 0 Å². The predicted octanol–water partition coefficient (Wildman–Crippen LogP) is 5.14. The maximum atomic E-state index is 6.22. The zero-order valence-electron chi connectivity index (χ0n) is 8.50. The topological polar surface area (TPSA) is 0 Å². The molecule has 0 radical (unpaired) electrons. The van der Waals surface area contributed by atoms with Crippen molar-refractivity contribution >= 4 is 39.1 Å². The molecule has 0 saturated carbocycles. The Morgan fingerprint density at radius 3 is 2.29 bits per heavy atom. The standard InChI is InChI=1S/C11H13BrCl2/c1-11(2,3)8-4-7(6-13)5-9(12)10(8)14/h4-5H,6H2,1-3H3. The van der Waals surface area contributed by atoms with E-state index in [0.717, 1.165) is 20.6 Å². The minimum Gasteiger partial charge on any atom is -0.122 e. The molecule has 0 aliphatic heterocycles. The van der Waals surface area contributed by atoms with Crippen LogP contribution in [0.15, 0.2) is 16.6 Å². The van der Waals surface area contributed by atoms with E-state index >= 15 is 0 Å². The smallest absolute Gasteiger partial charge is 0.0585 e. The van der Waals surface area contributed by atoms with E-state index in [0.29, 0.717) is 5.88 Å². The normalized spacial score (nSPS) is 11.9. The lowest BCUT2D eigenvalue weighted by atomic mass is 9.86. The maximum Gasteiger partial charge on any atom is 0.0585 e. The molecule has 0 bridgehead atoms. The molecule has 0 aliphatic rings. The molecule has 78 valence electrons. The van der Waals surface area contributed by atoms with E-state index in [9.17, 15) is 0 Å². The number of benzene rings is 1. The van der Waals surface area contributed by atoms with Crippen molar-refractivity contribution in [1.82, 2.24) is 0 Å². The van der Waals surface area contributed by atoms with Gasteiger partial charge in [-0.3, -0.25) is 0 Å². The summed E-state index contributed by atoms with van der Waals surface area (Å²) in [5, 5.41) is 0.784. The highest BCUT2D eigenvalue weighted by Gasteiger charge is 2.19. The Bertz CT molecular complexity index is 340. The van der Waals surface area contributed by atoms with Crippen LogP contribution in [0.5, 0.6) is 0 Å². The highest BCUT2D eigenvalue weighted by molar-refractivity contribution is 9.10. The molecule has 0 nitrogen and oxygen atoms in total. The second kappa shape index (κ2) is 4.42. The summed E-state index contributed by atoms with van der Waals surface area (Å²) in [5.74, 6) is 0.513. The molecule has 0 atom stereocenters. The van der Waals surface area contributed by atoms with Gasteiger partial charge in [0.05, 0.1) is 5.02 Å². The molecule has 0 spiro atoms. The minimum atomic E-state index is 0.0433. The molecular formula is C11H13BrCl2. The monoisotopic (exact) mass is 294 g/mol. The number of alkyl halides is 1. The van der Waals surface area contributed by atoms with Crippen LogP contribution in [0.25, 0.3) is 0 Å². The summed E-state index contributed by atoms with van der Waals surface area (Å²) < 4.78 is 0.919. The third kappa shape index (κ3) is 2.65. The Balaban J connectivity index is 3.35. The average Bonchev–Trinajstić information content (AvgIpc) is 2.07. The highest BCUT2D eigenvalue weighted by Crippen LogP contribution is 2.35.